The molecule has 1 aliphatic rings. The molecule has 1 N–H and O–H groups in total. The number of nitrogens with zero attached hydrogens (tertiary/aromatic N) is 1. The number of piperidine rings is 1. The summed E-state index contributed by atoms with van der Waals surface area (Å²) in [6.07, 6.45) is 2.58. The zero-order chi connectivity index (χ0) is 23.1. The van der Waals surface area contributed by atoms with Gasteiger partial charge in [-0.1, -0.05) is 18.0 Å². The van der Waals surface area contributed by atoms with Gasteiger partial charge in [-0.3, -0.25) is 4.79 Å². The number of anilines is 1. The first-order chi connectivity index (χ1) is 15.3. The molecule has 0 bridgehead atoms. The number of hydrogen-bond acceptors (Lipinski definition) is 6. The van der Waals surface area contributed by atoms with Crippen LogP contribution >= 0.6 is 11.6 Å². The molecule has 10 heteroatoms. The van der Waals surface area contributed by atoms with Gasteiger partial charge in [0.1, 0.15) is 5.75 Å². The van der Waals surface area contributed by atoms with E-state index in [0.29, 0.717) is 31.1 Å². The zero-order valence-corrected chi connectivity index (χ0v) is 19.2. The zero-order valence-electron chi connectivity index (χ0n) is 17.7. The van der Waals surface area contributed by atoms with Crippen molar-refractivity contribution >= 4 is 39.2 Å². The number of amides is 1. The SMILES string of the molecule is CCOc1ccc(NC(=O)COC(=O)c2cc(S(=O)(=O)N3CCCCC3)ccc2Cl)cc1. The monoisotopic (exact) mass is 480 g/mol. The first-order valence-electron chi connectivity index (χ1n) is 10.3. The highest BCUT2D eigenvalue weighted by Gasteiger charge is 2.27. The van der Waals surface area contributed by atoms with Gasteiger partial charge in [0.2, 0.25) is 10.0 Å². The molecule has 3 rings (SSSR count). The van der Waals surface area contributed by atoms with E-state index in [4.69, 9.17) is 21.1 Å². The second-order valence-corrected chi connectivity index (χ2v) is 9.53. The number of nitrogens with one attached hydrogen (secondary N) is 1. The minimum atomic E-state index is -3.74. The third kappa shape index (κ3) is 5.99. The Balaban J connectivity index is 1.63. The maximum atomic E-state index is 12.9. The van der Waals surface area contributed by atoms with Gasteiger partial charge in [-0.05, 0) is 62.2 Å². The predicted octanol–water partition coefficient (Wildman–Crippen LogP) is 3.71. The molecule has 0 aromatic heterocycles. The smallest absolute Gasteiger partial charge is 0.340 e. The van der Waals surface area contributed by atoms with Crippen molar-refractivity contribution in [3.63, 3.8) is 0 Å². The van der Waals surface area contributed by atoms with Crippen molar-refractivity contribution in [2.45, 2.75) is 31.1 Å². The second kappa shape index (κ2) is 10.8. The van der Waals surface area contributed by atoms with Crippen molar-refractivity contribution in [1.29, 1.82) is 0 Å². The van der Waals surface area contributed by atoms with E-state index in [1.807, 2.05) is 6.92 Å². The average molecular weight is 481 g/mol. The third-order valence-electron chi connectivity index (χ3n) is 4.89. The van der Waals surface area contributed by atoms with Gasteiger partial charge in [0.05, 0.1) is 22.1 Å². The van der Waals surface area contributed by atoms with Crippen LogP contribution in [0.25, 0.3) is 0 Å². The highest BCUT2D eigenvalue weighted by atomic mass is 35.5. The molecule has 1 heterocycles. The van der Waals surface area contributed by atoms with Gasteiger partial charge < -0.3 is 14.8 Å². The van der Waals surface area contributed by atoms with E-state index in [-0.39, 0.29) is 15.5 Å². The van der Waals surface area contributed by atoms with Crippen LogP contribution in [-0.2, 0) is 19.6 Å². The van der Waals surface area contributed by atoms with Crippen LogP contribution < -0.4 is 10.1 Å². The lowest BCUT2D eigenvalue weighted by atomic mass is 10.2. The van der Waals surface area contributed by atoms with Gasteiger partial charge in [-0.15, -0.1) is 0 Å². The number of halogens is 1. The largest absolute Gasteiger partial charge is 0.494 e. The number of ether oxygens (including phenoxy) is 2. The van der Waals surface area contributed by atoms with Gasteiger partial charge in [-0.25, -0.2) is 13.2 Å². The molecule has 0 unspecified atom stereocenters. The predicted molar refractivity (Wildman–Crippen MR) is 121 cm³/mol. The van der Waals surface area contributed by atoms with Crippen LogP contribution in [0.3, 0.4) is 0 Å². The molecule has 0 spiro atoms. The average Bonchev–Trinajstić information content (AvgIpc) is 2.79. The molecule has 2 aromatic rings. The van der Waals surface area contributed by atoms with Gasteiger partial charge >= 0.3 is 5.97 Å². The molecule has 1 amide bonds. The van der Waals surface area contributed by atoms with E-state index in [1.54, 1.807) is 24.3 Å². The first kappa shape index (κ1) is 24.0. The molecule has 32 heavy (non-hydrogen) atoms. The Labute approximate surface area is 192 Å². The van der Waals surface area contributed by atoms with Crippen LogP contribution in [0.15, 0.2) is 47.4 Å². The molecule has 0 radical (unpaired) electrons. The quantitative estimate of drug-likeness (QED) is 0.578. The molecule has 0 aliphatic carbocycles. The van der Waals surface area contributed by atoms with Crippen LogP contribution in [0, 0.1) is 0 Å². The fraction of sp³-hybridized carbons (Fsp3) is 0.364. The number of benzene rings is 2. The number of carbonyl (C=O) groups excluding carboxylic acids is 2. The minimum absolute atomic E-state index is 0.0328. The summed E-state index contributed by atoms with van der Waals surface area (Å²) in [6, 6.07) is 10.6. The van der Waals surface area contributed by atoms with E-state index in [2.05, 4.69) is 5.32 Å². The van der Waals surface area contributed by atoms with Crippen molar-refractivity contribution in [3.05, 3.63) is 53.1 Å². The van der Waals surface area contributed by atoms with Crippen LogP contribution in [0.2, 0.25) is 5.02 Å². The van der Waals surface area contributed by atoms with Gasteiger partial charge in [-0.2, -0.15) is 4.31 Å². The molecular formula is C22H25ClN2O6S. The fourth-order valence-corrected chi connectivity index (χ4v) is 5.02. The fourth-order valence-electron chi connectivity index (χ4n) is 3.28. The van der Waals surface area contributed by atoms with E-state index in [1.165, 1.54) is 22.5 Å². The van der Waals surface area contributed by atoms with Crippen LogP contribution in [0.4, 0.5) is 5.69 Å². The summed E-state index contributed by atoms with van der Waals surface area (Å²) in [5, 5.41) is 2.65. The summed E-state index contributed by atoms with van der Waals surface area (Å²) in [5.41, 5.74) is 0.403. The Morgan fingerprint density at radius 3 is 2.41 bits per heavy atom. The highest BCUT2D eigenvalue weighted by Crippen LogP contribution is 2.25. The summed E-state index contributed by atoms with van der Waals surface area (Å²) < 4.78 is 37.5. The lowest BCUT2D eigenvalue weighted by Gasteiger charge is -2.26. The Morgan fingerprint density at radius 1 is 1.06 bits per heavy atom. The minimum Gasteiger partial charge on any atom is -0.494 e. The Hall–Kier alpha value is -2.62. The maximum absolute atomic E-state index is 12.9. The molecule has 172 valence electrons. The Bertz CT molecular complexity index is 1070. The van der Waals surface area contributed by atoms with Gasteiger partial charge in [0.25, 0.3) is 5.91 Å². The van der Waals surface area contributed by atoms with Crippen molar-refractivity contribution in [1.82, 2.24) is 4.31 Å². The van der Waals surface area contributed by atoms with Crippen LogP contribution in [0.5, 0.6) is 5.75 Å². The molecule has 8 nitrogen and oxygen atoms in total. The van der Waals surface area contributed by atoms with Crippen molar-refractivity contribution < 1.29 is 27.5 Å². The number of esters is 1. The molecule has 2 aromatic carbocycles. The third-order valence-corrected chi connectivity index (χ3v) is 7.12. The summed E-state index contributed by atoms with van der Waals surface area (Å²) >= 11 is 6.09. The summed E-state index contributed by atoms with van der Waals surface area (Å²) in [6.45, 7) is 2.73. The topological polar surface area (TPSA) is 102 Å². The van der Waals surface area contributed by atoms with Crippen molar-refractivity contribution in [3.8, 4) is 5.75 Å². The normalized spacial score (nSPS) is 14.6. The first-order valence-corrected chi connectivity index (χ1v) is 12.1. The van der Waals surface area contributed by atoms with Crippen LogP contribution in [-0.4, -0.2) is 50.9 Å². The standard InChI is InChI=1S/C22H25ClN2O6S/c1-2-30-17-8-6-16(7-9-17)24-21(26)15-31-22(27)19-14-18(10-11-20(19)23)32(28,29)25-12-4-3-5-13-25/h6-11,14H,2-5,12-13,15H2,1H3,(H,24,26). The van der Waals surface area contributed by atoms with E-state index >= 15 is 0 Å². The number of carbonyl (C=O) groups is 2. The number of hydrogen-bond donors (Lipinski definition) is 1. The van der Waals surface area contributed by atoms with Crippen molar-refractivity contribution in [2.24, 2.45) is 0 Å². The lowest BCUT2D eigenvalue weighted by Crippen LogP contribution is -2.35. The molecule has 1 fully saturated rings. The summed E-state index contributed by atoms with van der Waals surface area (Å²) in [5.74, 6) is -0.755. The highest BCUT2D eigenvalue weighted by molar-refractivity contribution is 7.89. The van der Waals surface area contributed by atoms with Crippen molar-refractivity contribution in [2.75, 3.05) is 31.6 Å². The lowest BCUT2D eigenvalue weighted by molar-refractivity contribution is -0.119. The van der Waals surface area contributed by atoms with E-state index in [9.17, 15) is 18.0 Å². The Morgan fingerprint density at radius 2 is 1.75 bits per heavy atom. The molecule has 0 atom stereocenters. The van der Waals surface area contributed by atoms with E-state index < -0.39 is 28.5 Å². The second-order valence-electron chi connectivity index (χ2n) is 7.19. The van der Waals surface area contributed by atoms with E-state index in [0.717, 1.165) is 19.3 Å². The molecule has 0 saturated carbocycles. The molecule has 1 aliphatic heterocycles. The summed E-state index contributed by atoms with van der Waals surface area (Å²) in [7, 11) is -3.74. The summed E-state index contributed by atoms with van der Waals surface area (Å²) in [4.78, 5) is 24.6. The number of rotatable bonds is 8. The molecule has 1 saturated heterocycles. The Kier molecular flexibility index (Phi) is 8.11. The van der Waals surface area contributed by atoms with Gasteiger partial charge in [0, 0.05) is 18.8 Å². The van der Waals surface area contributed by atoms with Crippen LogP contribution in [0.1, 0.15) is 36.5 Å². The molecular weight excluding hydrogens is 456 g/mol. The van der Waals surface area contributed by atoms with Gasteiger partial charge in [0.15, 0.2) is 6.61 Å². The maximum Gasteiger partial charge on any atom is 0.340 e. The number of sulfonamides is 1.